The van der Waals surface area contributed by atoms with E-state index in [2.05, 4.69) is 37.9 Å². The van der Waals surface area contributed by atoms with Gasteiger partial charge >= 0.3 is 0 Å². The maximum atomic E-state index is 5.71. The maximum Gasteiger partial charge on any atom is 0.0599 e. The van der Waals surface area contributed by atoms with Crippen molar-refractivity contribution in [2.45, 2.75) is 65.5 Å². The van der Waals surface area contributed by atoms with E-state index in [1.54, 1.807) is 0 Å². The fourth-order valence-corrected chi connectivity index (χ4v) is 2.81. The fraction of sp³-hybridized carbons (Fsp3) is 1.00. The molecule has 1 aliphatic rings. The highest BCUT2D eigenvalue weighted by Crippen LogP contribution is 2.17. The third-order valence-corrected chi connectivity index (χ3v) is 4.03. The first kappa shape index (κ1) is 16.9. The lowest BCUT2D eigenvalue weighted by atomic mass is 10.0. The zero-order valence-electron chi connectivity index (χ0n) is 13.5. The van der Waals surface area contributed by atoms with Crippen molar-refractivity contribution in [1.82, 2.24) is 10.2 Å². The summed E-state index contributed by atoms with van der Waals surface area (Å²) in [7, 11) is 0. The first-order chi connectivity index (χ1) is 9.13. The molecular weight excluding hydrogens is 236 g/mol. The molecule has 1 heterocycles. The summed E-state index contributed by atoms with van der Waals surface area (Å²) in [6, 6.07) is 0.725. The molecule has 19 heavy (non-hydrogen) atoms. The summed E-state index contributed by atoms with van der Waals surface area (Å²) in [4.78, 5) is 2.64. The van der Waals surface area contributed by atoms with E-state index in [0.29, 0.717) is 6.10 Å². The lowest BCUT2D eigenvalue weighted by molar-refractivity contribution is 0.00485. The topological polar surface area (TPSA) is 24.5 Å². The van der Waals surface area contributed by atoms with Crippen molar-refractivity contribution >= 4 is 0 Å². The lowest BCUT2D eigenvalue weighted by Gasteiger charge is -2.36. The standard InChI is InChI=1S/C16H34N2O/c1-5-19-16-8-11-18(12-9-16)15(4)7-6-10-17-13-14(2)3/h14-17H,5-13H2,1-4H3. The number of likely N-dealkylation sites (tertiary alicyclic amines) is 1. The minimum absolute atomic E-state index is 0.515. The van der Waals surface area contributed by atoms with Gasteiger partial charge in [0.05, 0.1) is 6.10 Å². The second-order valence-electron chi connectivity index (χ2n) is 6.28. The molecule has 1 rings (SSSR count). The van der Waals surface area contributed by atoms with Gasteiger partial charge in [0.15, 0.2) is 0 Å². The summed E-state index contributed by atoms with van der Waals surface area (Å²) in [6.45, 7) is 14.6. The molecule has 1 atom stereocenters. The minimum atomic E-state index is 0.515. The molecule has 1 fully saturated rings. The van der Waals surface area contributed by atoms with Gasteiger partial charge in [0.2, 0.25) is 0 Å². The van der Waals surface area contributed by atoms with Crippen LogP contribution < -0.4 is 5.32 Å². The number of rotatable bonds is 9. The van der Waals surface area contributed by atoms with Crippen LogP contribution in [0.2, 0.25) is 0 Å². The molecule has 0 bridgehead atoms. The second kappa shape index (κ2) is 9.73. The Morgan fingerprint density at radius 1 is 1.21 bits per heavy atom. The Labute approximate surface area is 120 Å². The van der Waals surface area contributed by atoms with Crippen molar-refractivity contribution in [2.24, 2.45) is 5.92 Å². The van der Waals surface area contributed by atoms with E-state index < -0.39 is 0 Å². The summed E-state index contributed by atoms with van der Waals surface area (Å²) < 4.78 is 5.71. The molecule has 0 aromatic heterocycles. The summed E-state index contributed by atoms with van der Waals surface area (Å²) in [5, 5.41) is 3.53. The Morgan fingerprint density at radius 2 is 1.89 bits per heavy atom. The van der Waals surface area contributed by atoms with Crippen molar-refractivity contribution in [3.8, 4) is 0 Å². The van der Waals surface area contributed by atoms with E-state index in [1.807, 2.05) is 0 Å². The Balaban J connectivity index is 2.05. The van der Waals surface area contributed by atoms with E-state index in [9.17, 15) is 0 Å². The predicted molar refractivity (Wildman–Crippen MR) is 82.6 cm³/mol. The van der Waals surface area contributed by atoms with Gasteiger partial charge in [-0.15, -0.1) is 0 Å². The quantitative estimate of drug-likeness (QED) is 0.652. The smallest absolute Gasteiger partial charge is 0.0599 e. The van der Waals surface area contributed by atoms with Crippen LogP contribution in [-0.4, -0.2) is 49.8 Å². The number of ether oxygens (including phenoxy) is 1. The Hall–Kier alpha value is -0.120. The van der Waals surface area contributed by atoms with Gasteiger partial charge < -0.3 is 15.0 Å². The van der Waals surface area contributed by atoms with Crippen LogP contribution in [-0.2, 0) is 4.74 Å². The normalized spacial score (nSPS) is 20.1. The molecule has 114 valence electrons. The first-order valence-corrected chi connectivity index (χ1v) is 8.19. The Bertz CT molecular complexity index is 213. The largest absolute Gasteiger partial charge is 0.378 e. The summed E-state index contributed by atoms with van der Waals surface area (Å²) in [5.41, 5.74) is 0. The Morgan fingerprint density at radius 3 is 2.47 bits per heavy atom. The van der Waals surface area contributed by atoms with Crippen molar-refractivity contribution in [2.75, 3.05) is 32.8 Å². The molecule has 0 aliphatic carbocycles. The average Bonchev–Trinajstić information content (AvgIpc) is 2.39. The van der Waals surface area contributed by atoms with Crippen LogP contribution in [0.4, 0.5) is 0 Å². The van der Waals surface area contributed by atoms with Crippen LogP contribution in [0.15, 0.2) is 0 Å². The Kier molecular flexibility index (Phi) is 8.67. The van der Waals surface area contributed by atoms with E-state index in [4.69, 9.17) is 4.74 Å². The van der Waals surface area contributed by atoms with Gasteiger partial charge in [-0.1, -0.05) is 13.8 Å². The number of hydrogen-bond acceptors (Lipinski definition) is 3. The molecule has 3 heteroatoms. The summed E-state index contributed by atoms with van der Waals surface area (Å²) in [6.07, 6.45) is 5.54. The highest BCUT2D eigenvalue weighted by molar-refractivity contribution is 4.76. The number of hydrogen-bond donors (Lipinski definition) is 1. The highest BCUT2D eigenvalue weighted by Gasteiger charge is 2.22. The molecule has 0 aromatic rings. The minimum Gasteiger partial charge on any atom is -0.378 e. The van der Waals surface area contributed by atoms with Crippen LogP contribution in [0, 0.1) is 5.92 Å². The van der Waals surface area contributed by atoms with Gasteiger partial charge in [0.1, 0.15) is 0 Å². The fourth-order valence-electron chi connectivity index (χ4n) is 2.81. The molecule has 3 nitrogen and oxygen atoms in total. The van der Waals surface area contributed by atoms with Crippen LogP contribution in [0.25, 0.3) is 0 Å². The maximum absolute atomic E-state index is 5.71. The third kappa shape index (κ3) is 7.28. The van der Waals surface area contributed by atoms with E-state index >= 15 is 0 Å². The first-order valence-electron chi connectivity index (χ1n) is 8.19. The van der Waals surface area contributed by atoms with Gasteiger partial charge in [-0.2, -0.15) is 0 Å². The number of nitrogens with zero attached hydrogens (tertiary/aromatic N) is 1. The molecule has 0 spiro atoms. The number of piperidine rings is 1. The second-order valence-corrected chi connectivity index (χ2v) is 6.28. The molecule has 1 aliphatic heterocycles. The molecule has 0 amide bonds. The van der Waals surface area contributed by atoms with Crippen LogP contribution >= 0.6 is 0 Å². The van der Waals surface area contributed by atoms with E-state index in [-0.39, 0.29) is 0 Å². The van der Waals surface area contributed by atoms with Crippen LogP contribution in [0.3, 0.4) is 0 Å². The van der Waals surface area contributed by atoms with E-state index in [1.165, 1.54) is 38.8 Å². The van der Waals surface area contributed by atoms with Crippen molar-refractivity contribution in [3.05, 3.63) is 0 Å². The predicted octanol–water partition coefficient (Wildman–Crippen LogP) is 2.90. The van der Waals surface area contributed by atoms with Crippen LogP contribution in [0.1, 0.15) is 53.4 Å². The summed E-state index contributed by atoms with van der Waals surface area (Å²) in [5.74, 6) is 0.759. The van der Waals surface area contributed by atoms with Crippen molar-refractivity contribution < 1.29 is 4.74 Å². The molecular formula is C16H34N2O. The summed E-state index contributed by atoms with van der Waals surface area (Å²) >= 11 is 0. The number of nitrogens with one attached hydrogen (secondary N) is 1. The van der Waals surface area contributed by atoms with Gasteiger partial charge in [-0.3, -0.25) is 0 Å². The zero-order chi connectivity index (χ0) is 14.1. The molecule has 1 unspecified atom stereocenters. The van der Waals surface area contributed by atoms with Gasteiger partial charge in [-0.05, 0) is 58.5 Å². The van der Waals surface area contributed by atoms with E-state index in [0.717, 1.165) is 31.7 Å². The highest BCUT2D eigenvalue weighted by atomic mass is 16.5. The van der Waals surface area contributed by atoms with Crippen molar-refractivity contribution in [3.63, 3.8) is 0 Å². The van der Waals surface area contributed by atoms with Gasteiger partial charge in [0.25, 0.3) is 0 Å². The average molecular weight is 270 g/mol. The molecule has 1 saturated heterocycles. The van der Waals surface area contributed by atoms with Crippen LogP contribution in [0.5, 0.6) is 0 Å². The van der Waals surface area contributed by atoms with Gasteiger partial charge in [-0.25, -0.2) is 0 Å². The molecule has 0 radical (unpaired) electrons. The molecule has 0 saturated carbocycles. The molecule has 0 aromatic carbocycles. The lowest BCUT2D eigenvalue weighted by Crippen LogP contribution is -2.42. The monoisotopic (exact) mass is 270 g/mol. The zero-order valence-corrected chi connectivity index (χ0v) is 13.5. The third-order valence-electron chi connectivity index (χ3n) is 4.03. The SMILES string of the molecule is CCOC1CCN(C(C)CCCNCC(C)C)CC1. The van der Waals surface area contributed by atoms with Gasteiger partial charge in [0, 0.05) is 25.7 Å². The van der Waals surface area contributed by atoms with Crippen molar-refractivity contribution in [1.29, 1.82) is 0 Å². The molecule has 1 N–H and O–H groups in total.